The van der Waals surface area contributed by atoms with Crippen molar-refractivity contribution in [3.63, 3.8) is 0 Å². The van der Waals surface area contributed by atoms with Crippen LogP contribution in [0.15, 0.2) is 101 Å². The maximum absolute atomic E-state index is 7.63. The van der Waals surface area contributed by atoms with Crippen molar-refractivity contribution >= 4 is 22.6 Å². The zero-order chi connectivity index (χ0) is 23.0. The summed E-state index contributed by atoms with van der Waals surface area (Å²) in [5, 5.41) is 0. The van der Waals surface area contributed by atoms with Gasteiger partial charge in [-0.2, -0.15) is 0 Å². The van der Waals surface area contributed by atoms with Crippen molar-refractivity contribution in [3.8, 4) is 0 Å². The van der Waals surface area contributed by atoms with E-state index in [2.05, 4.69) is 124 Å². The van der Waals surface area contributed by atoms with E-state index in [1.807, 2.05) is 0 Å². The number of rotatable bonds is 7. The van der Waals surface area contributed by atoms with Crippen LogP contribution in [-0.4, -0.2) is 6.10 Å². The van der Waals surface area contributed by atoms with Gasteiger partial charge in [0.2, 0.25) is 0 Å². The highest BCUT2D eigenvalue weighted by Gasteiger charge is 2.56. The zero-order valence-electron chi connectivity index (χ0n) is 19.7. The lowest BCUT2D eigenvalue weighted by Crippen LogP contribution is -2.53. The third kappa shape index (κ3) is 3.87. The summed E-state index contributed by atoms with van der Waals surface area (Å²) in [5.74, 6) is 2.67. The van der Waals surface area contributed by atoms with Gasteiger partial charge in [-0.05, 0) is 83.1 Å². The van der Waals surface area contributed by atoms with Crippen LogP contribution in [0.4, 0.5) is 0 Å². The van der Waals surface area contributed by atoms with Gasteiger partial charge in [-0.1, -0.05) is 114 Å². The maximum atomic E-state index is 7.63. The first kappa shape index (κ1) is 22.5. The van der Waals surface area contributed by atoms with Crippen LogP contribution < -0.4 is 0 Å². The van der Waals surface area contributed by atoms with E-state index in [1.54, 1.807) is 0 Å². The maximum Gasteiger partial charge on any atom is 0.144 e. The number of hydrogen-bond donors (Lipinski definition) is 0. The molecule has 4 bridgehead atoms. The highest BCUT2D eigenvalue weighted by atomic mass is 127. The van der Waals surface area contributed by atoms with Crippen LogP contribution >= 0.6 is 22.6 Å². The Hall–Kier alpha value is -1.91. The van der Waals surface area contributed by atoms with Crippen molar-refractivity contribution in [2.45, 2.75) is 50.2 Å². The van der Waals surface area contributed by atoms with Crippen molar-refractivity contribution in [2.75, 3.05) is 0 Å². The summed E-state index contributed by atoms with van der Waals surface area (Å²) in [6, 6.07) is 32.6. The Bertz CT molecular complexity index is 989. The van der Waals surface area contributed by atoms with Gasteiger partial charge in [0, 0.05) is 5.41 Å². The minimum absolute atomic E-state index is 0.0819. The first-order valence-corrected chi connectivity index (χ1v) is 14.1. The summed E-state index contributed by atoms with van der Waals surface area (Å²) >= 11 is 2.40. The SMILES string of the molecule is I/C=C/C(OC(c1ccccc1)(c1ccccc1)c1ccccc1)C12CC3CC(CC(C3)C1)C2. The smallest absolute Gasteiger partial charge is 0.144 e. The molecule has 0 amide bonds. The van der Waals surface area contributed by atoms with E-state index in [4.69, 9.17) is 4.74 Å². The van der Waals surface area contributed by atoms with Crippen LogP contribution in [0.2, 0.25) is 0 Å². The Balaban J connectivity index is 1.53. The van der Waals surface area contributed by atoms with Crippen LogP contribution in [0.1, 0.15) is 55.2 Å². The molecule has 174 valence electrons. The van der Waals surface area contributed by atoms with Gasteiger partial charge in [0.25, 0.3) is 0 Å². The lowest BCUT2D eigenvalue weighted by molar-refractivity contribution is -0.156. The Morgan fingerprint density at radius 3 is 1.41 bits per heavy atom. The molecule has 7 rings (SSSR count). The number of benzene rings is 3. The normalized spacial score (nSPS) is 28.9. The third-order valence-electron chi connectivity index (χ3n) is 8.78. The lowest BCUT2D eigenvalue weighted by atomic mass is 9.48. The molecule has 0 spiro atoms. The van der Waals surface area contributed by atoms with Gasteiger partial charge < -0.3 is 4.74 Å². The molecule has 3 aromatic rings. The van der Waals surface area contributed by atoms with Crippen molar-refractivity contribution in [2.24, 2.45) is 23.2 Å². The Labute approximate surface area is 217 Å². The van der Waals surface area contributed by atoms with E-state index in [1.165, 1.54) is 55.2 Å². The van der Waals surface area contributed by atoms with Gasteiger partial charge >= 0.3 is 0 Å². The van der Waals surface area contributed by atoms with Gasteiger partial charge in [0.15, 0.2) is 0 Å². The summed E-state index contributed by atoms with van der Waals surface area (Å²) in [6.07, 6.45) is 10.7. The molecule has 2 heteroatoms. The number of hydrogen-bond acceptors (Lipinski definition) is 1. The van der Waals surface area contributed by atoms with Crippen molar-refractivity contribution in [1.29, 1.82) is 0 Å². The van der Waals surface area contributed by atoms with Crippen LogP contribution in [0, 0.1) is 23.2 Å². The van der Waals surface area contributed by atoms with Crippen molar-refractivity contribution in [3.05, 3.63) is 118 Å². The predicted molar refractivity (Wildman–Crippen MR) is 148 cm³/mol. The molecule has 34 heavy (non-hydrogen) atoms. The van der Waals surface area contributed by atoms with Gasteiger partial charge in [-0.15, -0.1) is 0 Å². The molecule has 0 aromatic heterocycles. The highest BCUT2D eigenvalue weighted by molar-refractivity contribution is 14.1. The first-order chi connectivity index (χ1) is 16.7. The van der Waals surface area contributed by atoms with Crippen molar-refractivity contribution in [1.82, 2.24) is 0 Å². The van der Waals surface area contributed by atoms with Crippen LogP contribution in [0.3, 0.4) is 0 Å². The average Bonchev–Trinajstić information content (AvgIpc) is 2.87. The topological polar surface area (TPSA) is 9.23 Å². The molecule has 4 saturated carbocycles. The standard InChI is InChI=1S/C32H33IO/c33-17-16-30(31-21-24-18-25(22-31)20-26(19-24)23-31)34-32(27-10-4-1-5-11-27,28-12-6-2-7-13-28)29-14-8-3-9-15-29/h1-17,24-26,30H,18-23H2/b17-16+. The van der Waals surface area contributed by atoms with Crippen LogP contribution in [0.5, 0.6) is 0 Å². The molecule has 3 aromatic carbocycles. The van der Waals surface area contributed by atoms with E-state index in [-0.39, 0.29) is 11.5 Å². The molecule has 1 nitrogen and oxygen atoms in total. The van der Waals surface area contributed by atoms with Crippen LogP contribution in [-0.2, 0) is 10.3 Å². The van der Waals surface area contributed by atoms with Gasteiger partial charge in [0.1, 0.15) is 5.60 Å². The summed E-state index contributed by atoms with van der Waals surface area (Å²) in [6.45, 7) is 0. The van der Waals surface area contributed by atoms with E-state index in [0.717, 1.165) is 17.8 Å². The molecule has 0 heterocycles. The second kappa shape index (κ2) is 9.28. The molecular formula is C32H33IO. The minimum atomic E-state index is -0.659. The molecule has 1 unspecified atom stereocenters. The van der Waals surface area contributed by atoms with Crippen LogP contribution in [0.25, 0.3) is 0 Å². The highest BCUT2D eigenvalue weighted by Crippen LogP contribution is 2.63. The summed E-state index contributed by atoms with van der Waals surface area (Å²) in [4.78, 5) is 0. The van der Waals surface area contributed by atoms with E-state index in [0.29, 0.717) is 0 Å². The molecule has 4 fully saturated rings. The minimum Gasteiger partial charge on any atom is -0.353 e. The second-order valence-electron chi connectivity index (χ2n) is 10.9. The monoisotopic (exact) mass is 560 g/mol. The molecule has 4 aliphatic rings. The van der Waals surface area contributed by atoms with E-state index >= 15 is 0 Å². The third-order valence-corrected chi connectivity index (χ3v) is 9.20. The molecular weight excluding hydrogens is 527 g/mol. The van der Waals surface area contributed by atoms with Gasteiger partial charge in [0.05, 0.1) is 6.10 Å². The fraction of sp³-hybridized carbons (Fsp3) is 0.375. The fourth-order valence-electron chi connectivity index (χ4n) is 7.87. The first-order valence-electron chi connectivity index (χ1n) is 12.8. The Morgan fingerprint density at radius 2 is 1.06 bits per heavy atom. The summed E-state index contributed by atoms with van der Waals surface area (Å²) < 4.78 is 9.83. The van der Waals surface area contributed by atoms with Crippen molar-refractivity contribution < 1.29 is 4.74 Å². The Morgan fingerprint density at radius 1 is 0.676 bits per heavy atom. The number of halogens is 1. The second-order valence-corrected chi connectivity index (χ2v) is 11.6. The number of ether oxygens (including phenoxy) is 1. The summed E-state index contributed by atoms with van der Waals surface area (Å²) in [7, 11) is 0. The van der Waals surface area contributed by atoms with Gasteiger partial charge in [-0.3, -0.25) is 0 Å². The predicted octanol–water partition coefficient (Wildman–Crippen LogP) is 8.53. The quantitative estimate of drug-likeness (QED) is 0.208. The molecule has 1 atom stereocenters. The largest absolute Gasteiger partial charge is 0.353 e. The molecule has 0 saturated heterocycles. The Kier molecular flexibility index (Phi) is 6.15. The molecule has 0 N–H and O–H groups in total. The molecule has 0 aliphatic heterocycles. The van der Waals surface area contributed by atoms with E-state index < -0.39 is 5.60 Å². The summed E-state index contributed by atoms with van der Waals surface area (Å²) in [5.41, 5.74) is 3.19. The average molecular weight is 561 g/mol. The van der Waals surface area contributed by atoms with E-state index in [9.17, 15) is 0 Å². The van der Waals surface area contributed by atoms with Gasteiger partial charge in [-0.25, -0.2) is 0 Å². The lowest BCUT2D eigenvalue weighted by Gasteiger charge is -2.59. The fourth-order valence-corrected chi connectivity index (χ4v) is 8.25. The zero-order valence-corrected chi connectivity index (χ0v) is 21.8. The molecule has 0 radical (unpaired) electrons. The molecule has 4 aliphatic carbocycles.